The van der Waals surface area contributed by atoms with Crippen molar-refractivity contribution in [2.24, 2.45) is 0 Å². The summed E-state index contributed by atoms with van der Waals surface area (Å²) in [7, 11) is -0.368. The van der Waals surface area contributed by atoms with Crippen LogP contribution >= 0.6 is 0 Å². The molecule has 2 aromatic rings. The number of esters is 1. The van der Waals surface area contributed by atoms with E-state index < -0.39 is 16.0 Å². The Morgan fingerprint density at radius 1 is 0.935 bits per heavy atom. The first-order chi connectivity index (χ1) is 14.8. The van der Waals surface area contributed by atoms with Crippen molar-refractivity contribution in [1.82, 2.24) is 9.21 Å². The number of anilines is 1. The van der Waals surface area contributed by atoms with Gasteiger partial charge >= 0.3 is 5.97 Å². The summed E-state index contributed by atoms with van der Waals surface area (Å²) >= 11 is 0. The summed E-state index contributed by atoms with van der Waals surface area (Å²) in [5.74, 6) is -0.686. The van der Waals surface area contributed by atoms with E-state index in [0.717, 1.165) is 11.3 Å². The van der Waals surface area contributed by atoms with Crippen molar-refractivity contribution < 1.29 is 22.7 Å². The third-order valence-corrected chi connectivity index (χ3v) is 7.72. The summed E-state index contributed by atoms with van der Waals surface area (Å²) in [5, 5.41) is 0. The number of fused-ring (bicyclic) bond motifs is 1. The first-order valence-corrected chi connectivity index (χ1v) is 11.6. The third kappa shape index (κ3) is 4.08. The molecule has 4 rings (SSSR count). The van der Waals surface area contributed by atoms with Gasteiger partial charge in [-0.3, -0.25) is 4.79 Å². The minimum absolute atomic E-state index is 0.128. The second-order valence-electron chi connectivity index (χ2n) is 7.78. The summed E-state index contributed by atoms with van der Waals surface area (Å²) in [6.07, 6.45) is 0.616. The minimum atomic E-state index is -3.66. The summed E-state index contributed by atoms with van der Waals surface area (Å²) in [6.45, 7) is 2.68. The number of nitrogens with zero attached hydrogens (tertiary/aromatic N) is 3. The van der Waals surface area contributed by atoms with E-state index in [4.69, 9.17) is 4.74 Å². The number of amides is 1. The van der Waals surface area contributed by atoms with E-state index in [0.29, 0.717) is 50.3 Å². The highest BCUT2D eigenvalue weighted by atomic mass is 32.2. The van der Waals surface area contributed by atoms with Gasteiger partial charge in [0.2, 0.25) is 10.0 Å². The zero-order chi connectivity index (χ0) is 22.2. The van der Waals surface area contributed by atoms with E-state index in [-0.39, 0.29) is 10.8 Å². The van der Waals surface area contributed by atoms with Crippen LogP contribution in [0.15, 0.2) is 47.4 Å². The van der Waals surface area contributed by atoms with E-state index in [1.807, 2.05) is 7.05 Å². The molecular formula is C22H25N3O5S. The zero-order valence-corrected chi connectivity index (χ0v) is 18.4. The molecule has 8 nitrogen and oxygen atoms in total. The van der Waals surface area contributed by atoms with Gasteiger partial charge in [0.15, 0.2) is 0 Å². The Kier molecular flexibility index (Phi) is 5.83. The van der Waals surface area contributed by atoms with Gasteiger partial charge in [-0.2, -0.15) is 4.31 Å². The standard InChI is InChI=1S/C22H25N3O5S/c1-23-10-12-24(13-11-23)31(28,29)19-5-3-4-17(15-19)21(26)25-9-8-16-14-18(22(27)30-2)6-7-20(16)25/h3-7,14-15H,8-13H2,1-2H3. The topological polar surface area (TPSA) is 87.2 Å². The Morgan fingerprint density at radius 2 is 1.68 bits per heavy atom. The molecule has 0 spiro atoms. The Morgan fingerprint density at radius 3 is 2.39 bits per heavy atom. The first-order valence-electron chi connectivity index (χ1n) is 10.1. The maximum absolute atomic E-state index is 13.2. The highest BCUT2D eigenvalue weighted by Gasteiger charge is 2.30. The maximum Gasteiger partial charge on any atom is 0.337 e. The Labute approximate surface area is 182 Å². The van der Waals surface area contributed by atoms with Crippen LogP contribution in [0.25, 0.3) is 0 Å². The molecule has 2 aliphatic heterocycles. The molecule has 2 heterocycles. The van der Waals surface area contributed by atoms with Gasteiger partial charge in [0.25, 0.3) is 5.91 Å². The van der Waals surface area contributed by atoms with Gasteiger partial charge in [-0.25, -0.2) is 13.2 Å². The zero-order valence-electron chi connectivity index (χ0n) is 17.6. The minimum Gasteiger partial charge on any atom is -0.465 e. The van der Waals surface area contributed by atoms with Gasteiger partial charge in [0.05, 0.1) is 17.6 Å². The molecule has 1 amide bonds. The quantitative estimate of drug-likeness (QED) is 0.668. The number of hydrogen-bond acceptors (Lipinski definition) is 6. The number of carbonyl (C=O) groups excluding carboxylic acids is 2. The predicted molar refractivity (Wildman–Crippen MR) is 116 cm³/mol. The summed E-state index contributed by atoms with van der Waals surface area (Å²) in [5.41, 5.74) is 2.37. The SMILES string of the molecule is COC(=O)c1ccc2c(c1)CCN2C(=O)c1cccc(S(=O)(=O)N2CCN(C)CC2)c1. The van der Waals surface area contributed by atoms with Gasteiger partial charge in [-0.05, 0) is 55.4 Å². The lowest BCUT2D eigenvalue weighted by Gasteiger charge is -2.31. The maximum atomic E-state index is 13.2. The number of carbonyl (C=O) groups is 2. The molecule has 1 saturated heterocycles. The number of benzene rings is 2. The van der Waals surface area contributed by atoms with Crippen molar-refractivity contribution in [2.45, 2.75) is 11.3 Å². The molecule has 0 radical (unpaired) electrons. The van der Waals surface area contributed by atoms with Gasteiger partial charge in [-0.1, -0.05) is 6.07 Å². The monoisotopic (exact) mass is 443 g/mol. The molecule has 0 bridgehead atoms. The lowest BCUT2D eigenvalue weighted by molar-refractivity contribution is 0.0600. The summed E-state index contributed by atoms with van der Waals surface area (Å²) in [6, 6.07) is 11.3. The molecule has 0 unspecified atom stereocenters. The molecule has 0 saturated carbocycles. The number of hydrogen-bond donors (Lipinski definition) is 0. The molecule has 2 aliphatic rings. The smallest absolute Gasteiger partial charge is 0.337 e. The fourth-order valence-electron chi connectivity index (χ4n) is 3.98. The Balaban J connectivity index is 1.58. The second-order valence-corrected chi connectivity index (χ2v) is 9.71. The van der Waals surface area contributed by atoms with Crippen LogP contribution in [0.3, 0.4) is 0 Å². The lowest BCUT2D eigenvalue weighted by Crippen LogP contribution is -2.47. The van der Waals surface area contributed by atoms with E-state index in [1.54, 1.807) is 35.2 Å². The number of rotatable bonds is 4. The molecular weight excluding hydrogens is 418 g/mol. The van der Waals surface area contributed by atoms with Crippen LogP contribution in [0, 0.1) is 0 Å². The highest BCUT2D eigenvalue weighted by molar-refractivity contribution is 7.89. The number of sulfonamides is 1. The van der Waals surface area contributed by atoms with Crippen molar-refractivity contribution in [3.05, 3.63) is 59.2 Å². The van der Waals surface area contributed by atoms with Crippen molar-refractivity contribution in [3.8, 4) is 0 Å². The van der Waals surface area contributed by atoms with E-state index in [1.165, 1.54) is 23.5 Å². The average molecular weight is 444 g/mol. The van der Waals surface area contributed by atoms with Crippen LogP contribution in [0.4, 0.5) is 5.69 Å². The van der Waals surface area contributed by atoms with E-state index in [2.05, 4.69) is 4.90 Å². The van der Waals surface area contributed by atoms with Crippen molar-refractivity contribution in [1.29, 1.82) is 0 Å². The number of ether oxygens (including phenoxy) is 1. The van der Waals surface area contributed by atoms with Crippen molar-refractivity contribution in [3.63, 3.8) is 0 Å². The molecule has 0 N–H and O–H groups in total. The van der Waals surface area contributed by atoms with Gasteiger partial charge in [0.1, 0.15) is 0 Å². The molecule has 1 fully saturated rings. The normalized spacial score (nSPS) is 17.4. The third-order valence-electron chi connectivity index (χ3n) is 5.82. The molecule has 0 aliphatic carbocycles. The fourth-order valence-corrected chi connectivity index (χ4v) is 5.45. The molecule has 2 aromatic carbocycles. The van der Waals surface area contributed by atoms with Crippen LogP contribution in [0.5, 0.6) is 0 Å². The van der Waals surface area contributed by atoms with Gasteiger partial charge < -0.3 is 14.5 Å². The van der Waals surface area contributed by atoms with E-state index in [9.17, 15) is 18.0 Å². The molecule has 0 atom stereocenters. The molecule has 0 aromatic heterocycles. The van der Waals surface area contributed by atoms with Crippen molar-refractivity contribution >= 4 is 27.6 Å². The van der Waals surface area contributed by atoms with E-state index >= 15 is 0 Å². The largest absolute Gasteiger partial charge is 0.465 e. The molecule has 9 heteroatoms. The summed E-state index contributed by atoms with van der Waals surface area (Å²) < 4.78 is 32.3. The van der Waals surface area contributed by atoms with Crippen LogP contribution < -0.4 is 4.90 Å². The molecule has 31 heavy (non-hydrogen) atoms. The Hall–Kier alpha value is -2.75. The fraction of sp³-hybridized carbons (Fsp3) is 0.364. The first kappa shape index (κ1) is 21.5. The highest BCUT2D eigenvalue weighted by Crippen LogP contribution is 2.31. The average Bonchev–Trinajstić information content (AvgIpc) is 3.21. The molecule has 164 valence electrons. The number of methoxy groups -OCH3 is 1. The van der Waals surface area contributed by atoms with Gasteiger partial charge in [0, 0.05) is 44.0 Å². The summed E-state index contributed by atoms with van der Waals surface area (Å²) in [4.78, 5) is 28.8. The van der Waals surface area contributed by atoms with Crippen LogP contribution in [-0.4, -0.2) is 76.4 Å². The predicted octanol–water partition coefficient (Wildman–Crippen LogP) is 1.61. The second kappa shape index (κ2) is 8.41. The van der Waals surface area contributed by atoms with Gasteiger partial charge in [-0.15, -0.1) is 0 Å². The van der Waals surface area contributed by atoms with Crippen LogP contribution in [0.2, 0.25) is 0 Å². The lowest BCUT2D eigenvalue weighted by atomic mass is 10.1. The number of piperazine rings is 1. The number of likely N-dealkylation sites (N-methyl/N-ethyl adjacent to an activating group) is 1. The van der Waals surface area contributed by atoms with Crippen LogP contribution in [-0.2, 0) is 21.2 Å². The van der Waals surface area contributed by atoms with Crippen LogP contribution in [0.1, 0.15) is 26.3 Å². The Bertz CT molecular complexity index is 1120. The van der Waals surface area contributed by atoms with Crippen molar-refractivity contribution in [2.75, 3.05) is 51.8 Å².